The second-order valence-electron chi connectivity index (χ2n) is 9.05. The highest BCUT2D eigenvalue weighted by atomic mass is 15.6. The van der Waals surface area contributed by atoms with Gasteiger partial charge in [-0.05, 0) is 68.5 Å². The molecule has 0 saturated carbocycles. The predicted octanol–water partition coefficient (Wildman–Crippen LogP) is 4.79. The summed E-state index contributed by atoms with van der Waals surface area (Å²) in [5.74, 6) is 2.26. The Hall–Kier alpha value is -3.28. The van der Waals surface area contributed by atoms with Crippen LogP contribution in [0, 0.1) is 13.8 Å². The van der Waals surface area contributed by atoms with Crippen molar-refractivity contribution in [3.05, 3.63) is 64.7 Å². The Kier molecular flexibility index (Phi) is 4.96. The Labute approximate surface area is 191 Å². The van der Waals surface area contributed by atoms with Gasteiger partial charge in [-0.15, -0.1) is 0 Å². The van der Waals surface area contributed by atoms with E-state index in [-0.39, 0.29) is 0 Å². The van der Waals surface area contributed by atoms with Gasteiger partial charge in [0.05, 0.1) is 11.4 Å². The van der Waals surface area contributed by atoms with E-state index in [0.29, 0.717) is 12.3 Å². The van der Waals surface area contributed by atoms with Gasteiger partial charge in [0, 0.05) is 20.5 Å². The first-order chi connectivity index (χ1) is 15.4. The molecule has 0 aliphatic carbocycles. The molecule has 4 aliphatic heterocycles. The lowest BCUT2D eigenvalue weighted by atomic mass is 9.97. The van der Waals surface area contributed by atoms with Crippen LogP contribution >= 0.6 is 0 Å². The molecule has 0 N–H and O–H groups in total. The van der Waals surface area contributed by atoms with E-state index in [4.69, 9.17) is 0 Å². The summed E-state index contributed by atoms with van der Waals surface area (Å²) in [5, 5.41) is 13.2. The average Bonchev–Trinajstić information content (AvgIpc) is 3.24. The number of nitrogens with zero attached hydrogens (tertiary/aromatic N) is 6. The van der Waals surface area contributed by atoms with E-state index < -0.39 is 0 Å². The van der Waals surface area contributed by atoms with Gasteiger partial charge in [0.2, 0.25) is 0 Å². The van der Waals surface area contributed by atoms with Gasteiger partial charge in [-0.1, -0.05) is 36.4 Å². The molecular weight excluding hydrogens is 396 g/mol. The average molecular weight is 429 g/mol. The Morgan fingerprint density at radius 3 is 2.19 bits per heavy atom. The molecule has 6 nitrogen and oxygen atoms in total. The summed E-state index contributed by atoms with van der Waals surface area (Å²) >= 11 is 0. The predicted molar refractivity (Wildman–Crippen MR) is 134 cm³/mol. The molecule has 0 saturated heterocycles. The zero-order valence-corrected chi connectivity index (χ0v) is 19.9. The molecule has 0 amide bonds. The van der Waals surface area contributed by atoms with Crippen LogP contribution in [0.25, 0.3) is 6.08 Å². The number of para-hydroxylation sites is 2. The first-order valence-corrected chi connectivity index (χ1v) is 11.4. The van der Waals surface area contributed by atoms with Crippen molar-refractivity contribution in [1.82, 2.24) is 10.0 Å². The van der Waals surface area contributed by atoms with Crippen molar-refractivity contribution < 1.29 is 0 Å². The first kappa shape index (κ1) is 20.6. The molecule has 32 heavy (non-hydrogen) atoms. The maximum absolute atomic E-state index is 4.61. The van der Waals surface area contributed by atoms with Crippen molar-refractivity contribution in [3.63, 3.8) is 0 Å². The van der Waals surface area contributed by atoms with Crippen LogP contribution in [0.15, 0.2) is 52.7 Å². The van der Waals surface area contributed by atoms with Crippen molar-refractivity contribution in [1.29, 1.82) is 0 Å². The molecule has 0 spiro atoms. The topological polar surface area (TPSA) is 37.7 Å². The van der Waals surface area contributed by atoms with Crippen molar-refractivity contribution in [3.8, 4) is 0 Å². The molecule has 4 heterocycles. The van der Waals surface area contributed by atoms with Crippen LogP contribution in [0.4, 0.5) is 11.4 Å². The second-order valence-corrected chi connectivity index (χ2v) is 9.05. The van der Waals surface area contributed by atoms with E-state index in [2.05, 4.69) is 101 Å². The Morgan fingerprint density at radius 2 is 1.41 bits per heavy atom. The largest absolute Gasteiger partial charge is 0.306 e. The minimum atomic E-state index is 0.291. The highest BCUT2D eigenvalue weighted by Gasteiger charge is 2.34. The van der Waals surface area contributed by atoms with Gasteiger partial charge in [0.1, 0.15) is 18.2 Å². The fourth-order valence-electron chi connectivity index (χ4n) is 5.07. The molecule has 2 aromatic rings. The van der Waals surface area contributed by atoms with Crippen molar-refractivity contribution >= 4 is 29.1 Å². The van der Waals surface area contributed by atoms with Crippen molar-refractivity contribution in [2.24, 2.45) is 10.2 Å². The SMILES string of the molecule is Cc1cccc2c1N1C(=NN(C)[C@@H]1C)C=C2.Cc1cccc2c1N1C(=NN(C)[C@@H]1C)CC2. The van der Waals surface area contributed by atoms with E-state index in [1.807, 2.05) is 19.1 Å². The number of hydrazone groups is 2. The van der Waals surface area contributed by atoms with Crippen molar-refractivity contribution in [2.75, 3.05) is 23.9 Å². The van der Waals surface area contributed by atoms with Crippen LogP contribution in [-0.4, -0.2) is 48.1 Å². The van der Waals surface area contributed by atoms with Crippen LogP contribution in [0.2, 0.25) is 0 Å². The van der Waals surface area contributed by atoms with Gasteiger partial charge in [0.25, 0.3) is 0 Å². The standard InChI is InChI=1S/C13H17N3.C13H15N3/c2*1-9-5-4-6-11-7-8-12-14-15(3)10(2)16(12)13(9)11/h4-6,10H,7-8H2,1-3H3;4-8,10H,1-3H3/t2*10-/m00/s1. The summed E-state index contributed by atoms with van der Waals surface area (Å²) in [6, 6.07) is 13.0. The highest BCUT2D eigenvalue weighted by molar-refractivity contribution is 6.13. The minimum Gasteiger partial charge on any atom is -0.306 e. The molecular formula is C26H32N6. The third kappa shape index (κ3) is 3.17. The molecule has 4 aliphatic rings. The fraction of sp³-hybridized carbons (Fsp3) is 0.385. The van der Waals surface area contributed by atoms with E-state index in [1.54, 1.807) is 0 Å². The maximum atomic E-state index is 4.61. The zero-order chi connectivity index (χ0) is 22.6. The monoisotopic (exact) mass is 428 g/mol. The number of rotatable bonds is 0. The van der Waals surface area contributed by atoms with E-state index in [0.717, 1.165) is 18.7 Å². The summed E-state index contributed by atoms with van der Waals surface area (Å²) in [7, 11) is 4.07. The second kappa shape index (κ2) is 7.69. The molecule has 0 radical (unpaired) electrons. The van der Waals surface area contributed by atoms with Crippen LogP contribution in [-0.2, 0) is 6.42 Å². The molecule has 2 atom stereocenters. The number of benzene rings is 2. The summed E-state index contributed by atoms with van der Waals surface area (Å²) < 4.78 is 0. The summed E-state index contributed by atoms with van der Waals surface area (Å²) in [5.41, 5.74) is 8.07. The van der Waals surface area contributed by atoms with E-state index in [9.17, 15) is 0 Å². The number of hydrogen-bond acceptors (Lipinski definition) is 6. The smallest absolute Gasteiger partial charge is 0.154 e. The molecule has 2 aromatic carbocycles. The minimum absolute atomic E-state index is 0.291. The summed E-state index contributed by atoms with van der Waals surface area (Å²) in [6.45, 7) is 8.72. The Morgan fingerprint density at radius 1 is 0.750 bits per heavy atom. The Bertz CT molecular complexity index is 1150. The number of anilines is 2. The third-order valence-electron chi connectivity index (χ3n) is 6.99. The molecule has 0 fully saturated rings. The number of amidine groups is 2. The molecule has 6 rings (SSSR count). The maximum Gasteiger partial charge on any atom is 0.154 e. The van der Waals surface area contributed by atoms with Crippen LogP contribution in [0.3, 0.4) is 0 Å². The zero-order valence-electron chi connectivity index (χ0n) is 19.9. The van der Waals surface area contributed by atoms with Gasteiger partial charge in [-0.3, -0.25) is 10.0 Å². The molecule has 0 bridgehead atoms. The van der Waals surface area contributed by atoms with Gasteiger partial charge in [-0.2, -0.15) is 10.2 Å². The van der Waals surface area contributed by atoms with E-state index in [1.165, 1.54) is 39.5 Å². The third-order valence-corrected chi connectivity index (χ3v) is 6.99. The lowest BCUT2D eigenvalue weighted by Crippen LogP contribution is -2.41. The van der Waals surface area contributed by atoms with Crippen molar-refractivity contribution in [2.45, 2.75) is 52.9 Å². The van der Waals surface area contributed by atoms with Crippen LogP contribution in [0.5, 0.6) is 0 Å². The fourth-order valence-corrected chi connectivity index (χ4v) is 5.07. The number of aryl methyl sites for hydroxylation is 3. The van der Waals surface area contributed by atoms with Crippen LogP contribution in [0.1, 0.15) is 42.5 Å². The first-order valence-electron chi connectivity index (χ1n) is 11.4. The summed E-state index contributed by atoms with van der Waals surface area (Å²) in [6.07, 6.45) is 7.04. The number of hydrogen-bond donors (Lipinski definition) is 0. The van der Waals surface area contributed by atoms with Gasteiger partial charge in [0.15, 0.2) is 5.84 Å². The van der Waals surface area contributed by atoms with Gasteiger partial charge >= 0.3 is 0 Å². The normalized spacial score (nSPS) is 22.4. The number of fused-ring (bicyclic) bond motifs is 6. The molecule has 0 unspecified atom stereocenters. The molecule has 0 aromatic heterocycles. The lowest BCUT2D eigenvalue weighted by molar-refractivity contribution is 0.304. The molecule has 6 heteroatoms. The van der Waals surface area contributed by atoms with Gasteiger partial charge < -0.3 is 9.80 Å². The Balaban J connectivity index is 0.000000135. The molecule has 166 valence electrons. The van der Waals surface area contributed by atoms with E-state index >= 15 is 0 Å². The summed E-state index contributed by atoms with van der Waals surface area (Å²) in [4.78, 5) is 4.68. The lowest BCUT2D eigenvalue weighted by Gasteiger charge is -2.33. The van der Waals surface area contributed by atoms with Crippen LogP contribution < -0.4 is 9.80 Å². The quantitative estimate of drug-likeness (QED) is 0.605. The van der Waals surface area contributed by atoms with Gasteiger partial charge in [-0.25, -0.2) is 0 Å². The highest BCUT2D eigenvalue weighted by Crippen LogP contribution is 2.36.